The molecular weight excluding hydrogens is 407 g/mol. The highest BCUT2D eigenvalue weighted by Crippen LogP contribution is 2.21. The number of halogens is 1. The van der Waals surface area contributed by atoms with Crippen LogP contribution in [0.4, 0.5) is 0 Å². The average molecular weight is 436 g/mol. The van der Waals surface area contributed by atoms with E-state index in [1.165, 1.54) is 16.0 Å². The molecule has 0 atom stereocenters. The molecule has 2 N–H and O–H groups in total. The van der Waals surface area contributed by atoms with Crippen molar-refractivity contribution in [3.05, 3.63) is 29.3 Å². The van der Waals surface area contributed by atoms with Gasteiger partial charge >= 0.3 is 0 Å². The Hall–Kier alpha value is -0.470. The van der Waals surface area contributed by atoms with Crippen LogP contribution in [0.15, 0.2) is 28.1 Å². The number of hydrogen-bond acceptors (Lipinski definition) is 3. The summed E-state index contributed by atoms with van der Waals surface area (Å²) in [5.74, 6) is 0.862. The average Bonchev–Trinajstić information content (AvgIpc) is 2.47. The third-order valence-electron chi connectivity index (χ3n) is 3.19. The van der Waals surface area contributed by atoms with Gasteiger partial charge < -0.3 is 15.5 Å². The van der Waals surface area contributed by atoms with Crippen LogP contribution in [0.3, 0.4) is 0 Å². The number of rotatable bonds is 7. The molecule has 0 radical (unpaired) electrons. The van der Waals surface area contributed by atoms with E-state index >= 15 is 0 Å². The Labute approximate surface area is 156 Å². The summed E-state index contributed by atoms with van der Waals surface area (Å²) in [5.41, 5.74) is 2.61. The van der Waals surface area contributed by atoms with Gasteiger partial charge in [-0.1, -0.05) is 12.1 Å². The summed E-state index contributed by atoms with van der Waals surface area (Å²) in [5, 5.41) is 6.73. The molecule has 0 unspecified atom stereocenters. The van der Waals surface area contributed by atoms with E-state index in [4.69, 9.17) is 0 Å². The minimum absolute atomic E-state index is 0. The van der Waals surface area contributed by atoms with Crippen LogP contribution in [0, 0.1) is 6.92 Å². The van der Waals surface area contributed by atoms with E-state index in [-0.39, 0.29) is 24.0 Å². The van der Waals surface area contributed by atoms with Crippen molar-refractivity contribution >= 4 is 41.7 Å². The number of nitrogens with one attached hydrogen (secondary N) is 2. The van der Waals surface area contributed by atoms with Gasteiger partial charge in [0.1, 0.15) is 0 Å². The zero-order chi connectivity index (χ0) is 15.7. The Morgan fingerprint density at radius 3 is 2.59 bits per heavy atom. The van der Waals surface area contributed by atoms with Crippen molar-refractivity contribution < 1.29 is 0 Å². The molecule has 1 rings (SSSR count). The summed E-state index contributed by atoms with van der Waals surface area (Å²) in [6.45, 7) is 4.94. The van der Waals surface area contributed by atoms with E-state index in [0.717, 1.165) is 32.0 Å². The van der Waals surface area contributed by atoms with Crippen LogP contribution in [0.1, 0.15) is 17.5 Å². The van der Waals surface area contributed by atoms with Crippen LogP contribution in [0.5, 0.6) is 0 Å². The second-order valence-corrected chi connectivity index (χ2v) is 6.17. The van der Waals surface area contributed by atoms with E-state index in [1.807, 2.05) is 7.05 Å². The second kappa shape index (κ2) is 12.0. The Morgan fingerprint density at radius 2 is 2.00 bits per heavy atom. The monoisotopic (exact) mass is 436 g/mol. The largest absolute Gasteiger partial charge is 0.356 e. The van der Waals surface area contributed by atoms with Gasteiger partial charge in [-0.25, -0.2) is 0 Å². The predicted octanol–water partition coefficient (Wildman–Crippen LogP) is 2.95. The van der Waals surface area contributed by atoms with Gasteiger partial charge in [0.25, 0.3) is 0 Å². The topological polar surface area (TPSA) is 39.7 Å². The number of aryl methyl sites for hydroxylation is 1. The Morgan fingerprint density at radius 1 is 1.27 bits per heavy atom. The molecule has 22 heavy (non-hydrogen) atoms. The zero-order valence-electron chi connectivity index (χ0n) is 14.3. The first-order valence-corrected chi connectivity index (χ1v) is 8.52. The minimum Gasteiger partial charge on any atom is -0.356 e. The molecule has 0 saturated carbocycles. The van der Waals surface area contributed by atoms with Gasteiger partial charge in [-0.15, -0.1) is 35.7 Å². The maximum absolute atomic E-state index is 4.27. The molecule has 1 aromatic rings. The fourth-order valence-electron chi connectivity index (χ4n) is 2.00. The molecule has 0 aromatic heterocycles. The molecule has 0 aliphatic carbocycles. The normalized spacial score (nSPS) is 11.3. The van der Waals surface area contributed by atoms with Crippen molar-refractivity contribution in [3.8, 4) is 0 Å². The number of benzene rings is 1. The van der Waals surface area contributed by atoms with Crippen molar-refractivity contribution in [2.24, 2.45) is 4.99 Å². The molecule has 0 amide bonds. The fraction of sp³-hybridized carbons (Fsp3) is 0.562. The summed E-state index contributed by atoms with van der Waals surface area (Å²) < 4.78 is 0. The van der Waals surface area contributed by atoms with Crippen molar-refractivity contribution in [1.29, 1.82) is 0 Å². The lowest BCUT2D eigenvalue weighted by Gasteiger charge is -2.15. The number of nitrogens with zero attached hydrogens (tertiary/aromatic N) is 2. The standard InChI is InChI=1S/C16H28N4S.HI/c1-13-7-8-14(15(11-13)21-5)12-19-16(17-2)18-9-6-10-20(3)4;/h7-8,11H,6,9-10,12H2,1-5H3,(H2,17,18,19);1H. The smallest absolute Gasteiger partial charge is 0.191 e. The quantitative estimate of drug-likeness (QED) is 0.227. The molecule has 4 nitrogen and oxygen atoms in total. The van der Waals surface area contributed by atoms with Crippen LogP contribution >= 0.6 is 35.7 Å². The number of aliphatic imine (C=N–C) groups is 1. The summed E-state index contributed by atoms with van der Waals surface area (Å²) in [4.78, 5) is 7.78. The van der Waals surface area contributed by atoms with Gasteiger partial charge in [-0.2, -0.15) is 0 Å². The van der Waals surface area contributed by atoms with Gasteiger partial charge in [0.05, 0.1) is 0 Å². The molecule has 0 spiro atoms. The van der Waals surface area contributed by atoms with Crippen LogP contribution in [0.2, 0.25) is 0 Å². The molecular formula is C16H29IN4S. The lowest BCUT2D eigenvalue weighted by Crippen LogP contribution is -2.38. The molecule has 0 bridgehead atoms. The van der Waals surface area contributed by atoms with Crippen molar-refractivity contribution in [3.63, 3.8) is 0 Å². The van der Waals surface area contributed by atoms with E-state index in [2.05, 4.69) is 66.0 Å². The van der Waals surface area contributed by atoms with Gasteiger partial charge in [-0.3, -0.25) is 4.99 Å². The number of guanidine groups is 1. The van der Waals surface area contributed by atoms with Crippen molar-refractivity contribution in [2.75, 3.05) is 40.5 Å². The van der Waals surface area contributed by atoms with Gasteiger partial charge in [-0.05, 0) is 57.4 Å². The molecule has 0 saturated heterocycles. The Kier molecular flexibility index (Phi) is 11.8. The Bertz CT molecular complexity index is 463. The van der Waals surface area contributed by atoms with Crippen LogP contribution in [-0.4, -0.2) is 51.3 Å². The highest BCUT2D eigenvalue weighted by Gasteiger charge is 2.03. The summed E-state index contributed by atoms with van der Waals surface area (Å²) >= 11 is 1.79. The van der Waals surface area contributed by atoms with Crippen LogP contribution < -0.4 is 10.6 Å². The van der Waals surface area contributed by atoms with Gasteiger partial charge in [0.2, 0.25) is 0 Å². The first kappa shape index (κ1) is 21.5. The molecule has 0 aliphatic rings. The highest BCUT2D eigenvalue weighted by atomic mass is 127. The molecule has 6 heteroatoms. The molecule has 0 fully saturated rings. The van der Waals surface area contributed by atoms with Crippen LogP contribution in [0.25, 0.3) is 0 Å². The summed E-state index contributed by atoms with van der Waals surface area (Å²) in [7, 11) is 5.99. The fourth-order valence-corrected chi connectivity index (χ4v) is 2.71. The first-order valence-electron chi connectivity index (χ1n) is 7.29. The molecule has 1 aromatic carbocycles. The predicted molar refractivity (Wildman–Crippen MR) is 110 cm³/mol. The first-order chi connectivity index (χ1) is 10.1. The second-order valence-electron chi connectivity index (χ2n) is 5.32. The Balaban J connectivity index is 0.00000441. The minimum atomic E-state index is 0. The maximum atomic E-state index is 4.27. The highest BCUT2D eigenvalue weighted by molar-refractivity contribution is 14.0. The van der Waals surface area contributed by atoms with Crippen molar-refractivity contribution in [2.45, 2.75) is 24.8 Å². The SMILES string of the molecule is CN=C(NCCCN(C)C)NCc1ccc(C)cc1SC.I. The lowest BCUT2D eigenvalue weighted by molar-refractivity contribution is 0.399. The molecule has 0 heterocycles. The third kappa shape index (κ3) is 8.24. The van der Waals surface area contributed by atoms with E-state index in [9.17, 15) is 0 Å². The van der Waals surface area contributed by atoms with Crippen LogP contribution in [-0.2, 0) is 6.54 Å². The third-order valence-corrected chi connectivity index (χ3v) is 4.01. The number of thioether (sulfide) groups is 1. The number of hydrogen-bond donors (Lipinski definition) is 2. The lowest BCUT2D eigenvalue weighted by atomic mass is 10.1. The van der Waals surface area contributed by atoms with E-state index in [0.29, 0.717) is 0 Å². The maximum Gasteiger partial charge on any atom is 0.191 e. The van der Waals surface area contributed by atoms with E-state index < -0.39 is 0 Å². The van der Waals surface area contributed by atoms with Gasteiger partial charge in [0, 0.05) is 25.0 Å². The summed E-state index contributed by atoms with van der Waals surface area (Å²) in [6, 6.07) is 6.58. The summed E-state index contributed by atoms with van der Waals surface area (Å²) in [6.07, 6.45) is 3.22. The van der Waals surface area contributed by atoms with Crippen molar-refractivity contribution in [1.82, 2.24) is 15.5 Å². The van der Waals surface area contributed by atoms with E-state index in [1.54, 1.807) is 11.8 Å². The molecule has 126 valence electrons. The molecule has 0 aliphatic heterocycles. The zero-order valence-corrected chi connectivity index (χ0v) is 17.4. The van der Waals surface area contributed by atoms with Gasteiger partial charge in [0.15, 0.2) is 5.96 Å².